The lowest BCUT2D eigenvalue weighted by atomic mass is 10.0. The van der Waals surface area contributed by atoms with E-state index in [1.54, 1.807) is 12.3 Å². The minimum atomic E-state index is -0.296. The molecule has 0 unspecified atom stereocenters. The fourth-order valence-electron chi connectivity index (χ4n) is 2.91. The Labute approximate surface area is 174 Å². The smallest absolute Gasteiger partial charge is 0.273 e. The van der Waals surface area contributed by atoms with Crippen LogP contribution in [0.2, 0.25) is 0 Å². The summed E-state index contributed by atoms with van der Waals surface area (Å²) in [4.78, 5) is 24.2. The number of hydrogen-bond acceptors (Lipinski definition) is 4. The summed E-state index contributed by atoms with van der Waals surface area (Å²) >= 11 is 3.51. The highest BCUT2D eigenvalue weighted by Crippen LogP contribution is 2.33. The predicted molar refractivity (Wildman–Crippen MR) is 112 cm³/mol. The molecule has 2 heterocycles. The van der Waals surface area contributed by atoms with Crippen LogP contribution in [0.25, 0.3) is 10.2 Å². The highest BCUT2D eigenvalue weighted by molar-refractivity contribution is 14.1. The van der Waals surface area contributed by atoms with Gasteiger partial charge in [0.2, 0.25) is 0 Å². The summed E-state index contributed by atoms with van der Waals surface area (Å²) in [5, 5.41) is 0.786. The third-order valence-corrected chi connectivity index (χ3v) is 6.31. The van der Waals surface area contributed by atoms with E-state index in [-0.39, 0.29) is 11.7 Å². The van der Waals surface area contributed by atoms with E-state index in [9.17, 15) is 9.18 Å². The molecule has 1 aliphatic rings. The van der Waals surface area contributed by atoms with E-state index in [1.165, 1.54) is 17.4 Å². The first-order chi connectivity index (χ1) is 13.0. The normalized spacial score (nSPS) is 13.9. The maximum Gasteiger partial charge on any atom is 0.276 e. The Morgan fingerprint density at radius 1 is 1.41 bits per heavy atom. The predicted octanol–water partition coefficient (Wildman–Crippen LogP) is 5.01. The number of nitrogens with one attached hydrogen (secondary N) is 1. The Morgan fingerprint density at radius 2 is 2.22 bits per heavy atom. The van der Waals surface area contributed by atoms with Crippen LogP contribution in [0.5, 0.6) is 0 Å². The average molecular weight is 496 g/mol. The number of thiophene rings is 1. The fourth-order valence-corrected chi connectivity index (χ4v) is 4.50. The first-order valence-electron chi connectivity index (χ1n) is 8.75. The number of amides is 1. The zero-order valence-electron chi connectivity index (χ0n) is 14.7. The first kappa shape index (κ1) is 18.8. The Hall–Kier alpha value is -1.58. The number of hydrogen-bond donors (Lipinski definition) is 1. The molecule has 140 valence electrons. The van der Waals surface area contributed by atoms with E-state index in [2.05, 4.69) is 33.1 Å². The molecule has 27 heavy (non-hydrogen) atoms. The van der Waals surface area contributed by atoms with E-state index in [1.807, 2.05) is 19.1 Å². The Balaban J connectivity index is 1.68. The highest BCUT2D eigenvalue weighted by Gasteiger charge is 2.24. The molecule has 0 saturated heterocycles. The molecule has 1 aromatic carbocycles. The molecule has 1 N–H and O–H groups in total. The van der Waals surface area contributed by atoms with Gasteiger partial charge < -0.3 is 0 Å². The quantitative estimate of drug-likeness (QED) is 0.386. The van der Waals surface area contributed by atoms with Crippen LogP contribution in [0.4, 0.5) is 4.39 Å². The van der Waals surface area contributed by atoms with E-state index in [4.69, 9.17) is 4.84 Å². The van der Waals surface area contributed by atoms with Crippen molar-refractivity contribution in [3.63, 3.8) is 0 Å². The summed E-state index contributed by atoms with van der Waals surface area (Å²) in [5.41, 5.74) is 4.62. The van der Waals surface area contributed by atoms with Crippen molar-refractivity contribution in [3.8, 4) is 0 Å². The van der Waals surface area contributed by atoms with Gasteiger partial charge in [-0.1, -0.05) is 6.07 Å². The summed E-state index contributed by atoms with van der Waals surface area (Å²) in [7, 11) is 0. The topological polar surface area (TPSA) is 51.2 Å². The van der Waals surface area contributed by atoms with Gasteiger partial charge >= 0.3 is 0 Å². The Kier molecular flexibility index (Phi) is 5.43. The second-order valence-corrected chi connectivity index (χ2v) is 9.19. The van der Waals surface area contributed by atoms with Crippen molar-refractivity contribution in [1.29, 1.82) is 0 Å². The van der Waals surface area contributed by atoms with Crippen LogP contribution in [0.1, 0.15) is 39.2 Å². The van der Waals surface area contributed by atoms with Crippen molar-refractivity contribution in [3.05, 3.63) is 61.4 Å². The number of aryl methyl sites for hydroxylation is 1. The molecular formula is C20H18FIN2O2S. The van der Waals surface area contributed by atoms with E-state index in [0.29, 0.717) is 30.1 Å². The van der Waals surface area contributed by atoms with Crippen LogP contribution >= 0.6 is 33.9 Å². The van der Waals surface area contributed by atoms with Gasteiger partial charge in [-0.2, -0.15) is 0 Å². The maximum absolute atomic E-state index is 14.3. The van der Waals surface area contributed by atoms with Gasteiger partial charge in [0.15, 0.2) is 0 Å². The van der Waals surface area contributed by atoms with Crippen molar-refractivity contribution in [1.82, 2.24) is 10.5 Å². The molecular weight excluding hydrogens is 478 g/mol. The molecule has 7 heteroatoms. The number of carbonyl (C=O) groups is 1. The molecule has 1 fully saturated rings. The third kappa shape index (κ3) is 4.30. The van der Waals surface area contributed by atoms with Crippen molar-refractivity contribution in [2.75, 3.05) is 6.61 Å². The van der Waals surface area contributed by atoms with Gasteiger partial charge in [-0.25, -0.2) is 14.9 Å². The first-order valence-corrected chi connectivity index (χ1v) is 10.6. The molecule has 0 spiro atoms. The minimum Gasteiger partial charge on any atom is -0.273 e. The average Bonchev–Trinajstić information content (AvgIpc) is 3.37. The summed E-state index contributed by atoms with van der Waals surface area (Å²) in [6.07, 6.45) is 4.42. The fraction of sp³-hybridized carbons (Fsp3) is 0.300. The molecule has 0 aliphatic heterocycles. The van der Waals surface area contributed by atoms with Crippen molar-refractivity contribution in [2.45, 2.75) is 26.2 Å². The largest absolute Gasteiger partial charge is 0.276 e. The van der Waals surface area contributed by atoms with Gasteiger partial charge in [0, 0.05) is 26.5 Å². The lowest BCUT2D eigenvalue weighted by Gasteiger charge is -2.08. The van der Waals surface area contributed by atoms with Crippen LogP contribution < -0.4 is 5.48 Å². The molecule has 1 saturated carbocycles. The van der Waals surface area contributed by atoms with Crippen molar-refractivity contribution >= 4 is 50.1 Å². The number of carbonyl (C=O) groups excluding carboxylic acids is 1. The van der Waals surface area contributed by atoms with E-state index < -0.39 is 0 Å². The molecule has 0 bridgehead atoms. The molecule has 1 aliphatic carbocycles. The van der Waals surface area contributed by atoms with Crippen LogP contribution in [-0.2, 0) is 11.3 Å². The summed E-state index contributed by atoms with van der Waals surface area (Å²) in [6, 6.07) is 7.09. The summed E-state index contributed by atoms with van der Waals surface area (Å²) in [5.74, 6) is -0.0103. The number of nitrogens with zero attached hydrogens (tertiary/aromatic N) is 1. The standard InChI is InChI=1S/C20H18FIN2O2S/c1-11-6-15-18(19(25)24-26-10-12-2-3-12)17(27-20(15)23-9-11)7-13-4-5-14(22)8-16(13)21/h4-6,8-9,12H,2-3,7,10H2,1H3,(H,24,25). The SMILES string of the molecule is Cc1cnc2sc(Cc3ccc(I)cc3F)c(C(=O)NOCC3CC3)c2c1. The van der Waals surface area contributed by atoms with Crippen molar-refractivity contribution < 1.29 is 14.0 Å². The highest BCUT2D eigenvalue weighted by atomic mass is 127. The second-order valence-electron chi connectivity index (χ2n) is 6.86. The molecule has 3 aromatic rings. The third-order valence-electron chi connectivity index (χ3n) is 4.53. The summed E-state index contributed by atoms with van der Waals surface area (Å²) < 4.78 is 15.2. The van der Waals surface area contributed by atoms with Gasteiger partial charge in [0.25, 0.3) is 5.91 Å². The van der Waals surface area contributed by atoms with Crippen LogP contribution in [0.3, 0.4) is 0 Å². The van der Waals surface area contributed by atoms with Gasteiger partial charge in [0.05, 0.1) is 12.2 Å². The number of benzene rings is 1. The van der Waals surface area contributed by atoms with Crippen LogP contribution in [-0.4, -0.2) is 17.5 Å². The van der Waals surface area contributed by atoms with Crippen LogP contribution in [0.15, 0.2) is 30.5 Å². The Morgan fingerprint density at radius 3 is 2.96 bits per heavy atom. The lowest BCUT2D eigenvalue weighted by Crippen LogP contribution is -2.25. The molecule has 2 aromatic heterocycles. The lowest BCUT2D eigenvalue weighted by molar-refractivity contribution is 0.0271. The number of pyridine rings is 1. The molecule has 0 atom stereocenters. The Bertz CT molecular complexity index is 1020. The minimum absolute atomic E-state index is 0.264. The van der Waals surface area contributed by atoms with Gasteiger partial charge in [-0.15, -0.1) is 11.3 Å². The maximum atomic E-state index is 14.3. The summed E-state index contributed by atoms with van der Waals surface area (Å²) in [6.45, 7) is 2.47. The molecule has 4 rings (SSSR count). The zero-order valence-corrected chi connectivity index (χ0v) is 17.7. The van der Waals surface area contributed by atoms with Gasteiger partial charge in [0.1, 0.15) is 10.6 Å². The van der Waals surface area contributed by atoms with Gasteiger partial charge in [-0.3, -0.25) is 9.63 Å². The number of hydroxylamine groups is 1. The van der Waals surface area contributed by atoms with E-state index in [0.717, 1.165) is 37.1 Å². The van der Waals surface area contributed by atoms with E-state index >= 15 is 0 Å². The number of halogens is 2. The van der Waals surface area contributed by atoms with Gasteiger partial charge in [-0.05, 0) is 77.6 Å². The molecule has 1 amide bonds. The number of aromatic nitrogens is 1. The monoisotopic (exact) mass is 496 g/mol. The number of rotatable bonds is 6. The second kappa shape index (κ2) is 7.81. The van der Waals surface area contributed by atoms with Crippen LogP contribution in [0, 0.1) is 22.2 Å². The molecule has 0 radical (unpaired) electrons. The van der Waals surface area contributed by atoms with Crippen molar-refractivity contribution in [2.24, 2.45) is 5.92 Å². The zero-order chi connectivity index (χ0) is 19.0. The molecule has 4 nitrogen and oxygen atoms in total. The number of fused-ring (bicyclic) bond motifs is 1.